The van der Waals surface area contributed by atoms with Crippen LogP contribution in [-0.2, 0) is 4.79 Å². The van der Waals surface area contributed by atoms with Crippen LogP contribution in [0.2, 0.25) is 0 Å². The Hall–Kier alpha value is -4.10. The Morgan fingerprint density at radius 2 is 1.89 bits per heavy atom. The normalized spacial score (nSPS) is 10.6. The first kappa shape index (κ1) is 19.2. The zero-order valence-corrected chi connectivity index (χ0v) is 14.2. The highest BCUT2D eigenvalue weighted by Crippen LogP contribution is 2.19. The molecule has 0 aliphatic carbocycles. The maximum Gasteiger partial charge on any atom is 0.337 e. The number of para-hydroxylation sites is 1. The van der Waals surface area contributed by atoms with Crippen LogP contribution in [0, 0.1) is 5.41 Å². The van der Waals surface area contributed by atoms with Crippen molar-refractivity contribution in [3.05, 3.63) is 65.4 Å². The van der Waals surface area contributed by atoms with E-state index in [2.05, 4.69) is 20.8 Å². The van der Waals surface area contributed by atoms with E-state index in [-0.39, 0.29) is 11.3 Å². The van der Waals surface area contributed by atoms with Crippen LogP contribution in [-0.4, -0.2) is 36.2 Å². The fraction of sp³-hybridized carbons (Fsp3) is 0.0556. The number of hydrazone groups is 1. The molecule has 2 rings (SSSR count). The summed E-state index contributed by atoms with van der Waals surface area (Å²) in [5, 5.41) is 27.3. The molecule has 0 saturated heterocycles. The van der Waals surface area contributed by atoms with Gasteiger partial charge in [0.2, 0.25) is 5.70 Å². The zero-order valence-electron chi connectivity index (χ0n) is 14.2. The summed E-state index contributed by atoms with van der Waals surface area (Å²) >= 11 is 0. The lowest BCUT2D eigenvalue weighted by atomic mass is 10.2. The predicted molar refractivity (Wildman–Crippen MR) is 97.9 cm³/mol. The lowest BCUT2D eigenvalue weighted by molar-refractivity contribution is -0.117. The Balaban J connectivity index is 2.10. The summed E-state index contributed by atoms with van der Waals surface area (Å²) in [6.07, 6.45) is 1.37. The third-order valence-electron chi connectivity index (χ3n) is 3.23. The number of nitrogens with zero attached hydrogens (tertiary/aromatic N) is 3. The van der Waals surface area contributed by atoms with Crippen molar-refractivity contribution in [2.24, 2.45) is 15.3 Å². The molecule has 0 heterocycles. The van der Waals surface area contributed by atoms with E-state index in [9.17, 15) is 9.59 Å². The molecule has 136 valence electrons. The molecule has 0 unspecified atom stereocenters. The Morgan fingerprint density at radius 1 is 1.19 bits per heavy atom. The molecule has 0 radical (unpaired) electrons. The molecule has 0 aromatic heterocycles. The molecule has 9 nitrogen and oxygen atoms in total. The van der Waals surface area contributed by atoms with E-state index < -0.39 is 17.6 Å². The highest BCUT2D eigenvalue weighted by Gasteiger charge is 2.11. The summed E-state index contributed by atoms with van der Waals surface area (Å²) in [7, 11) is 1.51. The number of nitrogens with one attached hydrogen (secondary N) is 2. The first-order chi connectivity index (χ1) is 13.1. The minimum Gasteiger partial charge on any atom is -0.496 e. The molecular weight excluding hydrogens is 350 g/mol. The number of hydrogen-bond acceptors (Lipinski definition) is 7. The maximum absolute atomic E-state index is 12.0. The molecule has 3 N–H and O–H groups in total. The van der Waals surface area contributed by atoms with Gasteiger partial charge >= 0.3 is 11.9 Å². The highest BCUT2D eigenvalue weighted by atomic mass is 16.5. The molecule has 0 atom stereocenters. The number of carbonyl (C=O) groups is 2. The van der Waals surface area contributed by atoms with Gasteiger partial charge in [0, 0.05) is 11.4 Å². The topological polar surface area (TPSA) is 137 Å². The van der Waals surface area contributed by atoms with Crippen LogP contribution in [0.4, 0.5) is 5.69 Å². The van der Waals surface area contributed by atoms with Crippen molar-refractivity contribution >= 4 is 29.6 Å². The standard InChI is InChI=1S/C18H15N5O4/c1-27-16-9-5-2-6-12(16)11-20-23-17(24)15(10-19)22-21-14-8-4-3-7-13(14)18(25)26/h2-9,11,19H,1H3,(H,23,24)(H,25,26)/b20-11+,22-21?. The molecule has 2 aromatic carbocycles. The van der Waals surface area contributed by atoms with E-state index in [1.165, 1.54) is 31.5 Å². The van der Waals surface area contributed by atoms with Crippen LogP contribution in [0.25, 0.3) is 0 Å². The van der Waals surface area contributed by atoms with Gasteiger partial charge in [0.25, 0.3) is 0 Å². The first-order valence-corrected chi connectivity index (χ1v) is 7.57. The van der Waals surface area contributed by atoms with Crippen molar-refractivity contribution in [3.8, 4) is 5.75 Å². The monoisotopic (exact) mass is 365 g/mol. The van der Waals surface area contributed by atoms with Crippen LogP contribution >= 0.6 is 0 Å². The largest absolute Gasteiger partial charge is 0.496 e. The summed E-state index contributed by atoms with van der Waals surface area (Å²) in [5.41, 5.74) is 2.33. The number of carboxylic acid groups (broad SMARTS) is 1. The second-order valence-electron chi connectivity index (χ2n) is 4.94. The van der Waals surface area contributed by atoms with Crippen molar-refractivity contribution in [1.82, 2.24) is 5.43 Å². The molecule has 0 fully saturated rings. The minimum atomic E-state index is -1.18. The van der Waals surface area contributed by atoms with Crippen LogP contribution in [0.3, 0.4) is 0 Å². The third kappa shape index (κ3) is 5.18. The fourth-order valence-corrected chi connectivity index (χ4v) is 1.96. The Labute approximate surface area is 154 Å². The van der Waals surface area contributed by atoms with Crippen molar-refractivity contribution in [3.63, 3.8) is 0 Å². The maximum atomic E-state index is 12.0. The smallest absolute Gasteiger partial charge is 0.337 e. The lowest BCUT2D eigenvalue weighted by Crippen LogP contribution is -2.19. The van der Waals surface area contributed by atoms with E-state index >= 15 is 0 Å². The highest BCUT2D eigenvalue weighted by molar-refractivity contribution is 6.01. The number of aromatic carboxylic acids is 1. The number of amides is 1. The number of methoxy groups -OCH3 is 1. The lowest BCUT2D eigenvalue weighted by Gasteiger charge is -2.03. The molecule has 0 bridgehead atoms. The zero-order chi connectivity index (χ0) is 19.6. The number of hydrogen-bond donors (Lipinski definition) is 3. The Morgan fingerprint density at radius 3 is 2.59 bits per heavy atom. The van der Waals surface area contributed by atoms with E-state index in [4.69, 9.17) is 15.3 Å². The third-order valence-corrected chi connectivity index (χ3v) is 3.23. The summed E-state index contributed by atoms with van der Waals surface area (Å²) < 4.78 is 5.16. The van der Waals surface area contributed by atoms with Gasteiger partial charge in [-0.05, 0) is 24.3 Å². The summed E-state index contributed by atoms with van der Waals surface area (Å²) in [5.74, 6) is 0.402. The Kier molecular flexibility index (Phi) is 6.69. The van der Waals surface area contributed by atoms with Crippen LogP contribution < -0.4 is 10.2 Å². The number of benzene rings is 2. The van der Waals surface area contributed by atoms with Crippen molar-refractivity contribution < 1.29 is 19.4 Å². The first-order valence-electron chi connectivity index (χ1n) is 7.57. The fourth-order valence-electron chi connectivity index (χ4n) is 1.96. The predicted octanol–water partition coefficient (Wildman–Crippen LogP) is 2.76. The number of ether oxygens (including phenoxy) is 1. The van der Waals surface area contributed by atoms with Crippen molar-refractivity contribution in [2.75, 3.05) is 7.11 Å². The van der Waals surface area contributed by atoms with Gasteiger partial charge in [0.15, 0.2) is 0 Å². The molecular formula is C18H15N5O4. The molecule has 27 heavy (non-hydrogen) atoms. The molecule has 0 aliphatic rings. The number of rotatable bonds is 7. The summed E-state index contributed by atoms with van der Waals surface area (Å²) in [6, 6.07) is 12.9. The second-order valence-corrected chi connectivity index (χ2v) is 4.94. The summed E-state index contributed by atoms with van der Waals surface area (Å²) in [4.78, 5) is 23.1. The van der Waals surface area contributed by atoms with Gasteiger partial charge in [0.05, 0.1) is 18.9 Å². The minimum absolute atomic E-state index is 0.0445. The SMILES string of the molecule is COc1ccccc1/C=N/NC(=O)C(=C=N)N=Nc1ccccc1C(=O)O. The molecule has 0 aliphatic heterocycles. The van der Waals surface area contributed by atoms with Gasteiger partial charge in [-0.25, -0.2) is 10.2 Å². The average molecular weight is 365 g/mol. The van der Waals surface area contributed by atoms with Crippen molar-refractivity contribution in [2.45, 2.75) is 0 Å². The van der Waals surface area contributed by atoms with Crippen molar-refractivity contribution in [1.29, 1.82) is 5.41 Å². The van der Waals surface area contributed by atoms with E-state index in [1.807, 2.05) is 5.87 Å². The molecule has 0 spiro atoms. The molecule has 0 saturated carbocycles. The Bertz CT molecular complexity index is 962. The van der Waals surface area contributed by atoms with Gasteiger partial charge in [-0.1, -0.05) is 24.3 Å². The number of carbonyl (C=O) groups excluding carboxylic acids is 1. The quantitative estimate of drug-likeness (QED) is 0.301. The number of azo groups is 1. The summed E-state index contributed by atoms with van der Waals surface area (Å²) in [6.45, 7) is 0. The van der Waals surface area contributed by atoms with Crippen LogP contribution in [0.5, 0.6) is 5.75 Å². The molecule has 1 amide bonds. The second kappa shape index (κ2) is 9.40. The van der Waals surface area contributed by atoms with Crippen LogP contribution in [0.1, 0.15) is 15.9 Å². The number of carboxylic acids is 1. The van der Waals surface area contributed by atoms with E-state index in [1.54, 1.807) is 30.3 Å². The van der Waals surface area contributed by atoms with Gasteiger partial charge in [0.1, 0.15) is 11.4 Å². The van der Waals surface area contributed by atoms with Gasteiger partial charge in [-0.2, -0.15) is 5.10 Å². The molecule has 2 aromatic rings. The van der Waals surface area contributed by atoms with E-state index in [0.717, 1.165) is 0 Å². The average Bonchev–Trinajstić information content (AvgIpc) is 2.69. The van der Waals surface area contributed by atoms with Gasteiger partial charge in [-0.3, -0.25) is 10.2 Å². The van der Waals surface area contributed by atoms with Crippen LogP contribution in [0.15, 0.2) is 69.6 Å². The van der Waals surface area contributed by atoms with Gasteiger partial charge < -0.3 is 9.84 Å². The molecule has 9 heteroatoms. The van der Waals surface area contributed by atoms with Gasteiger partial charge in [-0.15, -0.1) is 10.2 Å². The van der Waals surface area contributed by atoms with E-state index in [0.29, 0.717) is 11.3 Å².